The number of hydrogen-bond donors (Lipinski definition) is 1. The van der Waals surface area contributed by atoms with Gasteiger partial charge in [-0.3, -0.25) is 4.98 Å². The van der Waals surface area contributed by atoms with Crippen LogP contribution >= 0.6 is 11.8 Å². The summed E-state index contributed by atoms with van der Waals surface area (Å²) in [4.78, 5) is 14.2. The quantitative estimate of drug-likeness (QED) is 0.868. The van der Waals surface area contributed by atoms with Crippen molar-refractivity contribution in [3.63, 3.8) is 0 Å². The molecule has 0 unspecified atom stereocenters. The Morgan fingerprint density at radius 3 is 2.42 bits per heavy atom. The molecule has 0 bridgehead atoms. The number of pyridine rings is 1. The van der Waals surface area contributed by atoms with Gasteiger partial charge < -0.3 is 5.73 Å². The van der Waals surface area contributed by atoms with E-state index in [4.69, 9.17) is 5.73 Å². The number of hydrogen-bond acceptors (Lipinski definition) is 5. The SMILES string of the molecule is CC[C@@H](N)c1ccc(Sc2nc(C)cc(C)n2)cn1. The van der Waals surface area contributed by atoms with Crippen LogP contribution in [0.15, 0.2) is 34.4 Å². The number of nitrogens with zero attached hydrogens (tertiary/aromatic N) is 3. The molecular weight excluding hydrogens is 256 g/mol. The minimum atomic E-state index is 0.0107. The summed E-state index contributed by atoms with van der Waals surface area (Å²) in [6, 6.07) is 5.96. The van der Waals surface area contributed by atoms with Gasteiger partial charge in [-0.25, -0.2) is 9.97 Å². The van der Waals surface area contributed by atoms with Crippen molar-refractivity contribution in [2.24, 2.45) is 5.73 Å². The van der Waals surface area contributed by atoms with E-state index in [0.717, 1.165) is 33.6 Å². The zero-order valence-electron chi connectivity index (χ0n) is 11.4. The van der Waals surface area contributed by atoms with Gasteiger partial charge >= 0.3 is 0 Å². The first-order valence-electron chi connectivity index (χ1n) is 6.30. The highest BCUT2D eigenvalue weighted by Gasteiger charge is 2.06. The molecule has 0 aliphatic heterocycles. The summed E-state index contributed by atoms with van der Waals surface area (Å²) in [6.45, 7) is 6.00. The Balaban J connectivity index is 2.15. The van der Waals surface area contributed by atoms with E-state index in [1.807, 2.05) is 38.2 Å². The molecule has 0 fully saturated rings. The Morgan fingerprint density at radius 1 is 1.21 bits per heavy atom. The van der Waals surface area contributed by atoms with Crippen molar-refractivity contribution in [1.82, 2.24) is 15.0 Å². The predicted octanol–water partition coefficient (Wildman–Crippen LogP) is 3.05. The van der Waals surface area contributed by atoms with Crippen LogP contribution in [0.2, 0.25) is 0 Å². The molecule has 2 aromatic heterocycles. The predicted molar refractivity (Wildman–Crippen MR) is 77.1 cm³/mol. The van der Waals surface area contributed by atoms with E-state index in [2.05, 4.69) is 21.9 Å². The molecule has 0 aromatic carbocycles. The molecule has 0 spiro atoms. The third-order valence-electron chi connectivity index (χ3n) is 2.75. The second-order valence-electron chi connectivity index (χ2n) is 4.47. The Morgan fingerprint density at radius 2 is 1.89 bits per heavy atom. The first-order valence-corrected chi connectivity index (χ1v) is 7.12. The summed E-state index contributed by atoms with van der Waals surface area (Å²) < 4.78 is 0. The van der Waals surface area contributed by atoms with Crippen LogP contribution in [0.25, 0.3) is 0 Å². The minimum absolute atomic E-state index is 0.0107. The highest BCUT2D eigenvalue weighted by molar-refractivity contribution is 7.99. The fourth-order valence-corrected chi connectivity index (χ4v) is 2.56. The van der Waals surface area contributed by atoms with Gasteiger partial charge in [0.15, 0.2) is 5.16 Å². The molecule has 1 atom stereocenters. The fraction of sp³-hybridized carbons (Fsp3) is 0.357. The van der Waals surface area contributed by atoms with E-state index in [0.29, 0.717) is 0 Å². The first-order chi connectivity index (χ1) is 9.08. The highest BCUT2D eigenvalue weighted by atomic mass is 32.2. The second-order valence-corrected chi connectivity index (χ2v) is 5.51. The van der Waals surface area contributed by atoms with Crippen molar-refractivity contribution < 1.29 is 0 Å². The maximum Gasteiger partial charge on any atom is 0.192 e. The van der Waals surface area contributed by atoms with E-state index in [1.54, 1.807) is 0 Å². The highest BCUT2D eigenvalue weighted by Crippen LogP contribution is 2.25. The van der Waals surface area contributed by atoms with Crippen LogP contribution in [0, 0.1) is 13.8 Å². The molecule has 5 heteroatoms. The van der Waals surface area contributed by atoms with Crippen LogP contribution in [0.1, 0.15) is 36.5 Å². The summed E-state index contributed by atoms with van der Waals surface area (Å²) in [5.41, 5.74) is 8.83. The van der Waals surface area contributed by atoms with E-state index in [9.17, 15) is 0 Å². The van der Waals surface area contributed by atoms with Crippen LogP contribution in [0.3, 0.4) is 0 Å². The zero-order chi connectivity index (χ0) is 13.8. The van der Waals surface area contributed by atoms with Crippen molar-refractivity contribution in [2.75, 3.05) is 0 Å². The molecule has 2 N–H and O–H groups in total. The lowest BCUT2D eigenvalue weighted by atomic mass is 10.1. The van der Waals surface area contributed by atoms with Crippen LogP contribution in [0.4, 0.5) is 0 Å². The van der Waals surface area contributed by atoms with Crippen molar-refractivity contribution in [1.29, 1.82) is 0 Å². The number of nitrogens with two attached hydrogens (primary N) is 1. The minimum Gasteiger partial charge on any atom is -0.323 e. The third kappa shape index (κ3) is 3.75. The maximum atomic E-state index is 5.94. The van der Waals surface area contributed by atoms with E-state index in [1.165, 1.54) is 11.8 Å². The average Bonchev–Trinajstić information content (AvgIpc) is 2.37. The number of rotatable bonds is 4. The maximum absolute atomic E-state index is 5.94. The smallest absolute Gasteiger partial charge is 0.192 e. The average molecular weight is 274 g/mol. The molecule has 2 rings (SSSR count). The van der Waals surface area contributed by atoms with Crippen molar-refractivity contribution in [3.8, 4) is 0 Å². The molecule has 100 valence electrons. The topological polar surface area (TPSA) is 64.7 Å². The lowest BCUT2D eigenvalue weighted by Gasteiger charge is -2.08. The van der Waals surface area contributed by atoms with Crippen LogP contribution in [0.5, 0.6) is 0 Å². The Kier molecular flexibility index (Phi) is 4.50. The number of aromatic nitrogens is 3. The summed E-state index contributed by atoms with van der Waals surface area (Å²) >= 11 is 1.52. The van der Waals surface area contributed by atoms with Crippen LogP contribution < -0.4 is 5.73 Å². The van der Waals surface area contributed by atoms with Crippen molar-refractivity contribution >= 4 is 11.8 Å². The molecule has 4 nitrogen and oxygen atoms in total. The third-order valence-corrected chi connectivity index (χ3v) is 3.59. The van der Waals surface area contributed by atoms with Gasteiger partial charge in [-0.05, 0) is 50.2 Å². The normalized spacial score (nSPS) is 12.4. The van der Waals surface area contributed by atoms with Gasteiger partial charge in [-0.2, -0.15) is 0 Å². The van der Waals surface area contributed by atoms with Crippen molar-refractivity contribution in [2.45, 2.75) is 43.3 Å². The van der Waals surface area contributed by atoms with E-state index < -0.39 is 0 Å². The molecule has 2 aromatic rings. The monoisotopic (exact) mass is 274 g/mol. The molecule has 0 aliphatic rings. The van der Waals surface area contributed by atoms with E-state index >= 15 is 0 Å². The molecule has 0 aliphatic carbocycles. The largest absolute Gasteiger partial charge is 0.323 e. The second kappa shape index (κ2) is 6.12. The summed E-state index contributed by atoms with van der Waals surface area (Å²) in [5.74, 6) is 0. The van der Waals surface area contributed by atoms with Gasteiger partial charge in [0.1, 0.15) is 0 Å². The number of aryl methyl sites for hydroxylation is 2. The van der Waals surface area contributed by atoms with Gasteiger partial charge in [0.05, 0.1) is 5.69 Å². The van der Waals surface area contributed by atoms with Gasteiger partial charge in [0, 0.05) is 28.5 Å². The summed E-state index contributed by atoms with van der Waals surface area (Å²) in [6.07, 6.45) is 2.72. The van der Waals surface area contributed by atoms with E-state index in [-0.39, 0.29) is 6.04 Å². The fourth-order valence-electron chi connectivity index (χ4n) is 1.73. The van der Waals surface area contributed by atoms with Crippen LogP contribution in [-0.4, -0.2) is 15.0 Å². The molecule has 0 radical (unpaired) electrons. The van der Waals surface area contributed by atoms with Gasteiger partial charge in [0.25, 0.3) is 0 Å². The summed E-state index contributed by atoms with van der Waals surface area (Å²) in [7, 11) is 0. The zero-order valence-corrected chi connectivity index (χ0v) is 12.2. The van der Waals surface area contributed by atoms with Gasteiger partial charge in [0.2, 0.25) is 0 Å². The molecule has 0 saturated carbocycles. The first kappa shape index (κ1) is 14.0. The Bertz CT molecular complexity index is 534. The Hall–Kier alpha value is -1.46. The standard InChI is InChI=1S/C14H18N4S/c1-4-12(15)13-6-5-11(8-16-13)19-14-17-9(2)7-10(3)18-14/h5-8,12H,4,15H2,1-3H3/t12-/m1/s1. The molecule has 2 heterocycles. The Labute approximate surface area is 117 Å². The molecule has 0 saturated heterocycles. The lowest BCUT2D eigenvalue weighted by molar-refractivity contribution is 0.674. The molecular formula is C14H18N4S. The van der Waals surface area contributed by atoms with Gasteiger partial charge in [-0.15, -0.1) is 0 Å². The van der Waals surface area contributed by atoms with Gasteiger partial charge in [-0.1, -0.05) is 6.92 Å². The summed E-state index contributed by atoms with van der Waals surface area (Å²) in [5, 5.41) is 0.756. The molecule has 0 amide bonds. The lowest BCUT2D eigenvalue weighted by Crippen LogP contribution is -2.10. The van der Waals surface area contributed by atoms with Crippen LogP contribution in [-0.2, 0) is 0 Å². The van der Waals surface area contributed by atoms with Crippen molar-refractivity contribution in [3.05, 3.63) is 41.5 Å². The molecule has 19 heavy (non-hydrogen) atoms.